The van der Waals surface area contributed by atoms with Gasteiger partial charge < -0.3 is 5.73 Å². The van der Waals surface area contributed by atoms with Gasteiger partial charge in [0, 0.05) is 0 Å². The van der Waals surface area contributed by atoms with Crippen LogP contribution in [-0.2, 0) is 9.84 Å². The van der Waals surface area contributed by atoms with Crippen LogP contribution in [0.5, 0.6) is 0 Å². The first kappa shape index (κ1) is 13.2. The summed E-state index contributed by atoms with van der Waals surface area (Å²) in [4.78, 5) is 0.419. The van der Waals surface area contributed by atoms with Crippen LogP contribution in [0.25, 0.3) is 0 Å². The summed E-state index contributed by atoms with van der Waals surface area (Å²) in [5.74, 6) is 0.0599. The minimum atomic E-state index is -3.22. The Morgan fingerprint density at radius 1 is 1.19 bits per heavy atom. The van der Waals surface area contributed by atoms with E-state index in [2.05, 4.69) is 0 Å². The Balaban J connectivity index is 3.35. The average molecular weight is 241 g/mol. The second-order valence-electron chi connectivity index (χ2n) is 4.27. The van der Waals surface area contributed by atoms with Crippen molar-refractivity contribution in [2.24, 2.45) is 5.73 Å². The smallest absolute Gasteiger partial charge is 0.180 e. The summed E-state index contributed by atoms with van der Waals surface area (Å²) >= 11 is 0. The number of benzene rings is 1. The third-order valence-electron chi connectivity index (χ3n) is 2.73. The lowest BCUT2D eigenvalue weighted by atomic mass is 10.0. The second-order valence-corrected chi connectivity index (χ2v) is 6.74. The summed E-state index contributed by atoms with van der Waals surface area (Å²) < 4.78 is 24.3. The van der Waals surface area contributed by atoms with Gasteiger partial charge in [0.15, 0.2) is 9.84 Å². The van der Waals surface area contributed by atoms with Crippen molar-refractivity contribution >= 4 is 9.84 Å². The zero-order valence-corrected chi connectivity index (χ0v) is 10.8. The zero-order valence-electron chi connectivity index (χ0n) is 9.97. The molecule has 0 saturated carbocycles. The normalized spacial score (nSPS) is 14.1. The largest absolute Gasteiger partial charge is 0.330 e. The lowest BCUT2D eigenvalue weighted by Crippen LogP contribution is -2.18. The molecule has 0 aliphatic rings. The van der Waals surface area contributed by atoms with Gasteiger partial charge in [-0.2, -0.15) is 0 Å². The van der Waals surface area contributed by atoms with Crippen molar-refractivity contribution in [1.29, 1.82) is 0 Å². The van der Waals surface area contributed by atoms with Gasteiger partial charge in [0.25, 0.3) is 0 Å². The molecule has 0 spiro atoms. The fraction of sp³-hybridized carbons (Fsp3) is 0.500. The maximum absolute atomic E-state index is 12.1. The molecule has 0 bridgehead atoms. The van der Waals surface area contributed by atoms with Gasteiger partial charge in [-0.25, -0.2) is 8.42 Å². The molecule has 0 aliphatic heterocycles. The number of hydrogen-bond donors (Lipinski definition) is 1. The van der Waals surface area contributed by atoms with E-state index in [0.717, 1.165) is 5.56 Å². The minimum Gasteiger partial charge on any atom is -0.330 e. The molecule has 0 radical (unpaired) electrons. The first-order valence-electron chi connectivity index (χ1n) is 5.44. The van der Waals surface area contributed by atoms with Gasteiger partial charge in [-0.05, 0) is 37.9 Å². The molecular formula is C12H19NO2S. The zero-order chi connectivity index (χ0) is 12.3. The SMILES string of the molecule is CC(CN)c1ccccc1S(=O)(=O)C(C)C. The maximum Gasteiger partial charge on any atom is 0.180 e. The number of nitrogens with two attached hydrogens (primary N) is 1. The van der Waals surface area contributed by atoms with Crippen molar-refractivity contribution in [3.8, 4) is 0 Å². The van der Waals surface area contributed by atoms with Gasteiger partial charge in [-0.3, -0.25) is 0 Å². The summed E-state index contributed by atoms with van der Waals surface area (Å²) in [7, 11) is -3.22. The van der Waals surface area contributed by atoms with Crippen LogP contribution in [0.4, 0.5) is 0 Å². The van der Waals surface area contributed by atoms with Crippen molar-refractivity contribution in [2.45, 2.75) is 36.8 Å². The molecule has 1 aromatic carbocycles. The van der Waals surface area contributed by atoms with E-state index < -0.39 is 15.1 Å². The first-order valence-corrected chi connectivity index (χ1v) is 6.98. The summed E-state index contributed by atoms with van der Waals surface area (Å²) in [5, 5.41) is -0.404. The molecule has 0 fully saturated rings. The fourth-order valence-electron chi connectivity index (χ4n) is 1.53. The van der Waals surface area contributed by atoms with E-state index in [-0.39, 0.29) is 5.92 Å². The van der Waals surface area contributed by atoms with Crippen molar-refractivity contribution in [1.82, 2.24) is 0 Å². The summed E-state index contributed by atoms with van der Waals surface area (Å²) in [6.07, 6.45) is 0. The van der Waals surface area contributed by atoms with Crippen LogP contribution in [0.1, 0.15) is 32.3 Å². The molecule has 4 heteroatoms. The predicted molar refractivity (Wildman–Crippen MR) is 66.2 cm³/mol. The quantitative estimate of drug-likeness (QED) is 0.876. The molecule has 0 aliphatic carbocycles. The van der Waals surface area contributed by atoms with E-state index in [1.807, 2.05) is 19.1 Å². The maximum atomic E-state index is 12.1. The Bertz CT molecular complexity index is 452. The highest BCUT2D eigenvalue weighted by Crippen LogP contribution is 2.26. The molecule has 2 N–H and O–H groups in total. The fourth-order valence-corrected chi connectivity index (χ4v) is 2.90. The van der Waals surface area contributed by atoms with Crippen molar-refractivity contribution in [3.63, 3.8) is 0 Å². The van der Waals surface area contributed by atoms with Crippen LogP contribution in [0.2, 0.25) is 0 Å². The molecule has 0 amide bonds. The molecule has 1 rings (SSSR count). The van der Waals surface area contributed by atoms with E-state index >= 15 is 0 Å². The van der Waals surface area contributed by atoms with Crippen LogP contribution in [-0.4, -0.2) is 20.2 Å². The highest BCUT2D eigenvalue weighted by molar-refractivity contribution is 7.92. The molecule has 0 aromatic heterocycles. The molecule has 90 valence electrons. The lowest BCUT2D eigenvalue weighted by molar-refractivity contribution is 0.584. The van der Waals surface area contributed by atoms with E-state index in [0.29, 0.717) is 11.4 Å². The van der Waals surface area contributed by atoms with Crippen LogP contribution in [0.3, 0.4) is 0 Å². The van der Waals surface area contributed by atoms with Gasteiger partial charge in [0.05, 0.1) is 10.1 Å². The molecule has 0 heterocycles. The number of rotatable bonds is 4. The predicted octanol–water partition coefficient (Wildman–Crippen LogP) is 1.93. The minimum absolute atomic E-state index is 0.0599. The second kappa shape index (κ2) is 4.97. The third kappa shape index (κ3) is 2.44. The Kier molecular flexibility index (Phi) is 4.10. The molecule has 16 heavy (non-hydrogen) atoms. The van der Waals surface area contributed by atoms with E-state index in [9.17, 15) is 8.42 Å². The number of sulfone groups is 1. The molecular weight excluding hydrogens is 222 g/mol. The van der Waals surface area contributed by atoms with E-state index in [1.165, 1.54) is 0 Å². The first-order chi connectivity index (χ1) is 7.41. The van der Waals surface area contributed by atoms with Crippen LogP contribution in [0.15, 0.2) is 29.2 Å². The molecule has 0 saturated heterocycles. The van der Waals surface area contributed by atoms with Crippen LogP contribution < -0.4 is 5.73 Å². The van der Waals surface area contributed by atoms with Gasteiger partial charge in [0.2, 0.25) is 0 Å². The van der Waals surface area contributed by atoms with Gasteiger partial charge >= 0.3 is 0 Å². The van der Waals surface area contributed by atoms with Crippen molar-refractivity contribution in [2.75, 3.05) is 6.54 Å². The molecule has 1 unspecified atom stereocenters. The highest BCUT2D eigenvalue weighted by atomic mass is 32.2. The Morgan fingerprint density at radius 3 is 2.25 bits per heavy atom. The van der Waals surface area contributed by atoms with E-state index in [4.69, 9.17) is 5.73 Å². The monoisotopic (exact) mass is 241 g/mol. The van der Waals surface area contributed by atoms with Crippen LogP contribution in [0, 0.1) is 0 Å². The average Bonchev–Trinajstić information content (AvgIpc) is 2.27. The van der Waals surface area contributed by atoms with Crippen molar-refractivity contribution in [3.05, 3.63) is 29.8 Å². The Hall–Kier alpha value is -0.870. The van der Waals surface area contributed by atoms with Gasteiger partial charge in [-0.1, -0.05) is 25.1 Å². The van der Waals surface area contributed by atoms with Crippen molar-refractivity contribution < 1.29 is 8.42 Å². The van der Waals surface area contributed by atoms with Gasteiger partial charge in [0.1, 0.15) is 0 Å². The molecule has 1 atom stereocenters. The van der Waals surface area contributed by atoms with Crippen LogP contribution >= 0.6 is 0 Å². The molecule has 3 nitrogen and oxygen atoms in total. The Labute approximate surface area is 97.6 Å². The summed E-state index contributed by atoms with van der Waals surface area (Å²) in [5.41, 5.74) is 6.42. The molecule has 1 aromatic rings. The topological polar surface area (TPSA) is 60.2 Å². The standard InChI is InChI=1S/C12H19NO2S/c1-9(2)16(14,15)12-7-5-4-6-11(12)10(3)8-13/h4-7,9-10H,8,13H2,1-3H3. The number of hydrogen-bond acceptors (Lipinski definition) is 3. The summed E-state index contributed by atoms with van der Waals surface area (Å²) in [6.45, 7) is 5.78. The van der Waals surface area contributed by atoms with Gasteiger partial charge in [-0.15, -0.1) is 0 Å². The lowest BCUT2D eigenvalue weighted by Gasteiger charge is -2.16. The van der Waals surface area contributed by atoms with E-state index in [1.54, 1.807) is 26.0 Å². The summed E-state index contributed by atoms with van der Waals surface area (Å²) in [6, 6.07) is 7.10. The third-order valence-corrected chi connectivity index (χ3v) is 4.96. The Morgan fingerprint density at radius 2 is 1.75 bits per heavy atom. The highest BCUT2D eigenvalue weighted by Gasteiger charge is 2.23.